The molecule has 1 heterocycles. The first-order valence-corrected chi connectivity index (χ1v) is 8.03. The third-order valence-corrected chi connectivity index (χ3v) is 5.61. The Hall–Kier alpha value is -1.15. The molecule has 0 bridgehead atoms. The third kappa shape index (κ3) is 1.93. The standard InChI is InChI=1S/C18H22O2/c19-17(16-11-13-5-1-2-6-15(13)16)14-7-10-20-18(12-14)8-3-4-9-18/h1-2,5-6,14,16H,3-4,7-12H2. The van der Waals surface area contributed by atoms with Crippen LogP contribution in [0.4, 0.5) is 0 Å². The summed E-state index contributed by atoms with van der Waals surface area (Å²) >= 11 is 0. The van der Waals surface area contributed by atoms with E-state index in [9.17, 15) is 4.79 Å². The molecule has 2 heteroatoms. The van der Waals surface area contributed by atoms with Gasteiger partial charge in [-0.3, -0.25) is 4.79 Å². The molecule has 2 aliphatic carbocycles. The number of Topliss-reactive ketones (excluding diaryl/α,β-unsaturated/α-hetero) is 1. The maximum absolute atomic E-state index is 12.8. The number of hydrogen-bond donors (Lipinski definition) is 0. The molecule has 106 valence electrons. The van der Waals surface area contributed by atoms with Crippen molar-refractivity contribution in [1.82, 2.24) is 0 Å². The molecule has 1 aromatic rings. The molecule has 1 saturated carbocycles. The molecule has 0 radical (unpaired) electrons. The van der Waals surface area contributed by atoms with Crippen LogP contribution in [0.3, 0.4) is 0 Å². The molecule has 1 saturated heterocycles. The number of rotatable bonds is 2. The summed E-state index contributed by atoms with van der Waals surface area (Å²) in [6.07, 6.45) is 7.74. The highest BCUT2D eigenvalue weighted by Gasteiger charge is 2.44. The number of ether oxygens (including phenoxy) is 1. The van der Waals surface area contributed by atoms with Gasteiger partial charge in [0.25, 0.3) is 0 Å². The summed E-state index contributed by atoms with van der Waals surface area (Å²) in [5, 5.41) is 0. The number of benzene rings is 1. The first-order chi connectivity index (χ1) is 9.77. The van der Waals surface area contributed by atoms with Crippen LogP contribution in [0.5, 0.6) is 0 Å². The van der Waals surface area contributed by atoms with Crippen molar-refractivity contribution in [2.75, 3.05) is 6.61 Å². The van der Waals surface area contributed by atoms with Crippen LogP contribution in [0.2, 0.25) is 0 Å². The van der Waals surface area contributed by atoms with Gasteiger partial charge in [-0.2, -0.15) is 0 Å². The van der Waals surface area contributed by atoms with Crippen LogP contribution in [-0.2, 0) is 16.0 Å². The first kappa shape index (κ1) is 12.6. The Balaban J connectivity index is 1.49. The molecule has 1 spiro atoms. The molecular weight excluding hydrogens is 248 g/mol. The normalized spacial score (nSPS) is 30.8. The SMILES string of the molecule is O=C(C1CCOC2(CCCC2)C1)C1Cc2ccccc21. The Morgan fingerprint density at radius 1 is 1.20 bits per heavy atom. The lowest BCUT2D eigenvalue weighted by molar-refractivity contribution is -0.138. The molecule has 2 atom stereocenters. The number of hydrogen-bond acceptors (Lipinski definition) is 2. The fourth-order valence-corrected chi connectivity index (χ4v) is 4.44. The van der Waals surface area contributed by atoms with Gasteiger partial charge in [0.1, 0.15) is 5.78 Å². The van der Waals surface area contributed by atoms with Crippen molar-refractivity contribution in [2.45, 2.75) is 56.5 Å². The van der Waals surface area contributed by atoms with E-state index in [1.807, 2.05) is 0 Å². The summed E-state index contributed by atoms with van der Waals surface area (Å²) in [7, 11) is 0. The van der Waals surface area contributed by atoms with Crippen molar-refractivity contribution in [3.63, 3.8) is 0 Å². The zero-order chi connectivity index (χ0) is 13.6. The molecular formula is C18H22O2. The van der Waals surface area contributed by atoms with Crippen molar-refractivity contribution in [1.29, 1.82) is 0 Å². The van der Waals surface area contributed by atoms with Crippen molar-refractivity contribution in [3.8, 4) is 0 Å². The Labute approximate surface area is 120 Å². The minimum absolute atomic E-state index is 0.0574. The van der Waals surface area contributed by atoms with Crippen molar-refractivity contribution < 1.29 is 9.53 Å². The summed E-state index contributed by atoms with van der Waals surface area (Å²) in [6, 6.07) is 8.41. The molecule has 3 aliphatic rings. The Kier molecular flexibility index (Phi) is 2.95. The van der Waals surface area contributed by atoms with Gasteiger partial charge in [-0.1, -0.05) is 37.1 Å². The van der Waals surface area contributed by atoms with Crippen LogP contribution in [0, 0.1) is 5.92 Å². The Morgan fingerprint density at radius 3 is 2.80 bits per heavy atom. The lowest BCUT2D eigenvalue weighted by Gasteiger charge is -2.40. The van der Waals surface area contributed by atoms with E-state index < -0.39 is 0 Å². The number of ketones is 1. The van der Waals surface area contributed by atoms with E-state index in [1.54, 1.807) is 0 Å². The number of carbonyl (C=O) groups is 1. The molecule has 1 aromatic carbocycles. The smallest absolute Gasteiger partial charge is 0.143 e. The lowest BCUT2D eigenvalue weighted by Crippen LogP contribution is -2.42. The lowest BCUT2D eigenvalue weighted by atomic mass is 9.69. The van der Waals surface area contributed by atoms with Crippen LogP contribution in [0.15, 0.2) is 24.3 Å². The predicted molar refractivity (Wildman–Crippen MR) is 77.8 cm³/mol. The molecule has 2 unspecified atom stereocenters. The fraction of sp³-hybridized carbons (Fsp3) is 0.611. The van der Waals surface area contributed by atoms with Crippen LogP contribution in [-0.4, -0.2) is 18.0 Å². The number of fused-ring (bicyclic) bond motifs is 1. The first-order valence-electron chi connectivity index (χ1n) is 8.03. The van der Waals surface area contributed by atoms with Gasteiger partial charge >= 0.3 is 0 Å². The van der Waals surface area contributed by atoms with Gasteiger partial charge in [-0.05, 0) is 43.2 Å². The van der Waals surface area contributed by atoms with E-state index in [2.05, 4.69) is 24.3 Å². The maximum atomic E-state index is 12.8. The zero-order valence-electron chi connectivity index (χ0n) is 11.9. The highest BCUT2D eigenvalue weighted by molar-refractivity contribution is 5.90. The third-order valence-electron chi connectivity index (χ3n) is 5.61. The second-order valence-electron chi connectivity index (χ2n) is 6.79. The highest BCUT2D eigenvalue weighted by Crippen LogP contribution is 2.45. The monoisotopic (exact) mass is 270 g/mol. The van der Waals surface area contributed by atoms with E-state index >= 15 is 0 Å². The average Bonchev–Trinajstić information content (AvgIpc) is 2.88. The average molecular weight is 270 g/mol. The zero-order valence-corrected chi connectivity index (χ0v) is 11.9. The quantitative estimate of drug-likeness (QED) is 0.820. The van der Waals surface area contributed by atoms with E-state index in [4.69, 9.17) is 4.74 Å². The molecule has 2 fully saturated rings. The molecule has 20 heavy (non-hydrogen) atoms. The Bertz CT molecular complexity index is 528. The maximum Gasteiger partial charge on any atom is 0.143 e. The molecule has 1 aliphatic heterocycles. The van der Waals surface area contributed by atoms with Crippen molar-refractivity contribution in [3.05, 3.63) is 35.4 Å². The Morgan fingerprint density at radius 2 is 2.00 bits per heavy atom. The molecule has 0 aromatic heterocycles. The van der Waals surface area contributed by atoms with Gasteiger partial charge in [0, 0.05) is 18.4 Å². The van der Waals surface area contributed by atoms with Gasteiger partial charge in [-0.15, -0.1) is 0 Å². The molecule has 0 amide bonds. The van der Waals surface area contributed by atoms with Gasteiger partial charge < -0.3 is 4.74 Å². The second kappa shape index (κ2) is 4.70. The molecule has 2 nitrogen and oxygen atoms in total. The van der Waals surface area contributed by atoms with Crippen molar-refractivity contribution in [2.24, 2.45) is 5.92 Å². The van der Waals surface area contributed by atoms with Gasteiger partial charge in [0.05, 0.1) is 5.60 Å². The minimum Gasteiger partial charge on any atom is -0.375 e. The van der Waals surface area contributed by atoms with Crippen LogP contribution in [0.25, 0.3) is 0 Å². The summed E-state index contributed by atoms with van der Waals surface area (Å²) < 4.78 is 6.06. The van der Waals surface area contributed by atoms with Crippen LogP contribution >= 0.6 is 0 Å². The highest BCUT2D eigenvalue weighted by atomic mass is 16.5. The summed E-state index contributed by atoms with van der Waals surface area (Å²) in [5.41, 5.74) is 2.71. The van der Waals surface area contributed by atoms with Crippen LogP contribution < -0.4 is 0 Å². The topological polar surface area (TPSA) is 26.3 Å². The van der Waals surface area contributed by atoms with E-state index in [1.165, 1.54) is 24.0 Å². The summed E-state index contributed by atoms with van der Waals surface area (Å²) in [6.45, 7) is 0.783. The largest absolute Gasteiger partial charge is 0.375 e. The number of carbonyl (C=O) groups excluding carboxylic acids is 1. The van der Waals surface area contributed by atoms with E-state index in [0.717, 1.165) is 38.7 Å². The fourth-order valence-electron chi connectivity index (χ4n) is 4.44. The van der Waals surface area contributed by atoms with Gasteiger partial charge in [-0.25, -0.2) is 0 Å². The van der Waals surface area contributed by atoms with Gasteiger partial charge in [0.2, 0.25) is 0 Å². The second-order valence-corrected chi connectivity index (χ2v) is 6.79. The van der Waals surface area contributed by atoms with Gasteiger partial charge in [0.15, 0.2) is 0 Å². The van der Waals surface area contributed by atoms with E-state index in [-0.39, 0.29) is 17.4 Å². The summed E-state index contributed by atoms with van der Waals surface area (Å²) in [5.74, 6) is 0.895. The van der Waals surface area contributed by atoms with E-state index in [0.29, 0.717) is 5.78 Å². The minimum atomic E-state index is 0.0574. The predicted octanol–water partition coefficient (Wildman–Crippen LogP) is 3.63. The molecule has 0 N–H and O–H groups in total. The molecule has 4 rings (SSSR count). The van der Waals surface area contributed by atoms with Crippen molar-refractivity contribution >= 4 is 5.78 Å². The van der Waals surface area contributed by atoms with Crippen LogP contribution in [0.1, 0.15) is 55.6 Å². The summed E-state index contributed by atoms with van der Waals surface area (Å²) in [4.78, 5) is 12.8.